The number of carbonyl (C=O) groups is 1. The molecule has 2 aromatic rings. The predicted molar refractivity (Wildman–Crippen MR) is 87.5 cm³/mol. The molecule has 0 unspecified atom stereocenters. The highest BCUT2D eigenvalue weighted by atomic mass is 32.1. The Morgan fingerprint density at radius 3 is 2.64 bits per heavy atom. The number of aryl methyl sites for hydroxylation is 3. The lowest BCUT2D eigenvalue weighted by Crippen LogP contribution is -2.45. The molecule has 7 heteroatoms. The highest BCUT2D eigenvalue weighted by molar-refractivity contribution is 7.15. The van der Waals surface area contributed by atoms with E-state index >= 15 is 0 Å². The molecule has 22 heavy (non-hydrogen) atoms. The Bertz CT molecular complexity index is 669. The van der Waals surface area contributed by atoms with Crippen LogP contribution in [0.3, 0.4) is 0 Å². The first kappa shape index (κ1) is 15.0. The van der Waals surface area contributed by atoms with Gasteiger partial charge in [-0.05, 0) is 32.8 Å². The molecule has 0 radical (unpaired) electrons. The largest absolute Gasteiger partial charge is 0.348 e. The minimum absolute atomic E-state index is 0.0355. The van der Waals surface area contributed by atoms with E-state index in [1.54, 1.807) is 23.1 Å². The van der Waals surface area contributed by atoms with Crippen molar-refractivity contribution in [1.82, 2.24) is 20.1 Å². The van der Waals surface area contributed by atoms with Crippen molar-refractivity contribution >= 4 is 22.4 Å². The fraction of sp³-hybridized carbons (Fsp3) is 0.533. The van der Waals surface area contributed by atoms with Crippen molar-refractivity contribution in [3.8, 4) is 0 Å². The van der Waals surface area contributed by atoms with Crippen molar-refractivity contribution < 1.29 is 4.79 Å². The summed E-state index contributed by atoms with van der Waals surface area (Å²) in [6, 6.07) is 2.04. The van der Waals surface area contributed by atoms with Crippen molar-refractivity contribution in [1.29, 1.82) is 0 Å². The number of nitrogens with one attached hydrogen (secondary N) is 1. The molecule has 1 aliphatic heterocycles. The maximum atomic E-state index is 12.3. The van der Waals surface area contributed by atoms with E-state index in [0.717, 1.165) is 36.8 Å². The van der Waals surface area contributed by atoms with Crippen LogP contribution in [0.2, 0.25) is 0 Å². The summed E-state index contributed by atoms with van der Waals surface area (Å²) < 4.78 is 1.64. The SMILES string of the molecule is Cc1cc(C(=O)NC2CCN(c3ncc(C)s3)CC2)n(C)n1. The molecule has 1 saturated heterocycles. The quantitative estimate of drug-likeness (QED) is 0.938. The monoisotopic (exact) mass is 319 g/mol. The fourth-order valence-electron chi connectivity index (χ4n) is 2.79. The van der Waals surface area contributed by atoms with Gasteiger partial charge < -0.3 is 10.2 Å². The van der Waals surface area contributed by atoms with Crippen LogP contribution in [0.25, 0.3) is 0 Å². The zero-order valence-electron chi connectivity index (χ0n) is 13.2. The molecule has 0 atom stereocenters. The molecule has 1 amide bonds. The van der Waals surface area contributed by atoms with Crippen molar-refractivity contribution in [2.24, 2.45) is 7.05 Å². The van der Waals surface area contributed by atoms with Gasteiger partial charge in [0.1, 0.15) is 5.69 Å². The second kappa shape index (κ2) is 6.08. The summed E-state index contributed by atoms with van der Waals surface area (Å²) in [6.07, 6.45) is 3.81. The average molecular weight is 319 g/mol. The number of nitrogens with zero attached hydrogens (tertiary/aromatic N) is 4. The second-order valence-corrected chi connectivity index (χ2v) is 7.00. The first-order chi connectivity index (χ1) is 10.5. The molecule has 0 aromatic carbocycles. The Kier molecular flexibility index (Phi) is 4.15. The zero-order chi connectivity index (χ0) is 15.7. The number of aromatic nitrogens is 3. The van der Waals surface area contributed by atoms with E-state index in [9.17, 15) is 4.79 Å². The van der Waals surface area contributed by atoms with E-state index in [-0.39, 0.29) is 11.9 Å². The Balaban J connectivity index is 1.55. The van der Waals surface area contributed by atoms with Crippen molar-refractivity contribution in [2.75, 3.05) is 18.0 Å². The van der Waals surface area contributed by atoms with E-state index in [2.05, 4.69) is 27.2 Å². The smallest absolute Gasteiger partial charge is 0.269 e. The molecule has 1 fully saturated rings. The standard InChI is InChI=1S/C15H21N5OS/c1-10-8-13(19(3)18-10)14(21)17-12-4-6-20(7-5-12)15-16-9-11(2)22-15/h8-9,12H,4-7H2,1-3H3,(H,17,21). The molecule has 2 aromatic heterocycles. The summed E-state index contributed by atoms with van der Waals surface area (Å²) in [6.45, 7) is 5.83. The van der Waals surface area contributed by atoms with Crippen LogP contribution in [0.15, 0.2) is 12.3 Å². The summed E-state index contributed by atoms with van der Waals surface area (Å²) in [7, 11) is 1.80. The van der Waals surface area contributed by atoms with E-state index < -0.39 is 0 Å². The number of hydrogen-bond acceptors (Lipinski definition) is 5. The maximum absolute atomic E-state index is 12.3. The van der Waals surface area contributed by atoms with Gasteiger partial charge in [-0.1, -0.05) is 0 Å². The number of rotatable bonds is 3. The normalized spacial score (nSPS) is 16.0. The average Bonchev–Trinajstić information content (AvgIpc) is 3.05. The van der Waals surface area contributed by atoms with Crippen molar-refractivity contribution in [3.05, 3.63) is 28.5 Å². The molecule has 0 bridgehead atoms. The van der Waals surface area contributed by atoms with Gasteiger partial charge in [0, 0.05) is 37.3 Å². The molecule has 3 rings (SSSR count). The molecule has 3 heterocycles. The van der Waals surface area contributed by atoms with Crippen LogP contribution in [-0.2, 0) is 7.05 Å². The Hall–Kier alpha value is -1.89. The van der Waals surface area contributed by atoms with Gasteiger partial charge in [-0.15, -0.1) is 11.3 Å². The Morgan fingerprint density at radius 2 is 2.09 bits per heavy atom. The van der Waals surface area contributed by atoms with Crippen LogP contribution in [0.5, 0.6) is 0 Å². The van der Waals surface area contributed by atoms with Gasteiger partial charge in [-0.3, -0.25) is 9.48 Å². The number of amides is 1. The molecular formula is C15H21N5OS. The van der Waals surface area contributed by atoms with E-state index in [4.69, 9.17) is 0 Å². The summed E-state index contributed by atoms with van der Waals surface area (Å²) in [5.41, 5.74) is 1.48. The number of thiazole rings is 1. The summed E-state index contributed by atoms with van der Waals surface area (Å²) in [5, 5.41) is 8.43. The highest BCUT2D eigenvalue weighted by Crippen LogP contribution is 2.25. The van der Waals surface area contributed by atoms with Gasteiger partial charge in [-0.2, -0.15) is 5.10 Å². The molecule has 0 aliphatic carbocycles. The van der Waals surface area contributed by atoms with Gasteiger partial charge in [-0.25, -0.2) is 4.98 Å². The van der Waals surface area contributed by atoms with Crippen molar-refractivity contribution in [3.63, 3.8) is 0 Å². The van der Waals surface area contributed by atoms with Crippen LogP contribution >= 0.6 is 11.3 Å². The third kappa shape index (κ3) is 3.14. The van der Waals surface area contributed by atoms with Gasteiger partial charge in [0.05, 0.1) is 5.69 Å². The fourth-order valence-corrected chi connectivity index (χ4v) is 3.60. The third-order valence-corrected chi connectivity index (χ3v) is 4.92. The number of hydrogen-bond donors (Lipinski definition) is 1. The lowest BCUT2D eigenvalue weighted by Gasteiger charge is -2.32. The second-order valence-electron chi connectivity index (χ2n) is 5.78. The predicted octanol–water partition coefficient (Wildman–Crippen LogP) is 1.89. The van der Waals surface area contributed by atoms with Crippen LogP contribution in [0.1, 0.15) is 33.9 Å². The number of anilines is 1. The Labute approximate surface area is 134 Å². The van der Waals surface area contributed by atoms with E-state index in [1.807, 2.05) is 19.2 Å². The van der Waals surface area contributed by atoms with Gasteiger partial charge in [0.2, 0.25) is 0 Å². The van der Waals surface area contributed by atoms with Gasteiger partial charge in [0.15, 0.2) is 5.13 Å². The zero-order valence-corrected chi connectivity index (χ0v) is 14.0. The van der Waals surface area contributed by atoms with Crippen LogP contribution in [0.4, 0.5) is 5.13 Å². The highest BCUT2D eigenvalue weighted by Gasteiger charge is 2.23. The molecular weight excluding hydrogens is 298 g/mol. The number of piperidine rings is 1. The van der Waals surface area contributed by atoms with E-state index in [0.29, 0.717) is 5.69 Å². The topological polar surface area (TPSA) is 63.1 Å². The van der Waals surface area contributed by atoms with E-state index in [1.165, 1.54) is 4.88 Å². The molecule has 118 valence electrons. The minimum atomic E-state index is -0.0355. The lowest BCUT2D eigenvalue weighted by atomic mass is 10.1. The molecule has 1 aliphatic rings. The summed E-state index contributed by atoms with van der Waals surface area (Å²) in [5.74, 6) is -0.0355. The first-order valence-corrected chi connectivity index (χ1v) is 8.33. The minimum Gasteiger partial charge on any atom is -0.348 e. The van der Waals surface area contributed by atoms with Gasteiger partial charge in [0.25, 0.3) is 5.91 Å². The van der Waals surface area contributed by atoms with Gasteiger partial charge >= 0.3 is 0 Å². The number of carbonyl (C=O) groups excluding carboxylic acids is 1. The molecule has 6 nitrogen and oxygen atoms in total. The molecule has 0 spiro atoms. The third-order valence-electron chi connectivity index (χ3n) is 3.94. The first-order valence-electron chi connectivity index (χ1n) is 7.52. The van der Waals surface area contributed by atoms with Crippen LogP contribution < -0.4 is 10.2 Å². The summed E-state index contributed by atoms with van der Waals surface area (Å²) >= 11 is 1.73. The lowest BCUT2D eigenvalue weighted by molar-refractivity contribution is 0.0921. The Morgan fingerprint density at radius 1 is 1.36 bits per heavy atom. The van der Waals surface area contributed by atoms with Crippen LogP contribution in [-0.4, -0.2) is 39.8 Å². The molecule has 1 N–H and O–H groups in total. The maximum Gasteiger partial charge on any atom is 0.269 e. The van der Waals surface area contributed by atoms with Crippen molar-refractivity contribution in [2.45, 2.75) is 32.7 Å². The summed E-state index contributed by atoms with van der Waals surface area (Å²) in [4.78, 5) is 20.3. The van der Waals surface area contributed by atoms with Crippen LogP contribution in [0, 0.1) is 13.8 Å². The molecule has 0 saturated carbocycles.